The summed E-state index contributed by atoms with van der Waals surface area (Å²) >= 11 is 0. The van der Waals surface area contributed by atoms with E-state index in [1.54, 1.807) is 73.8 Å². The van der Waals surface area contributed by atoms with Crippen molar-refractivity contribution in [3.63, 3.8) is 0 Å². The van der Waals surface area contributed by atoms with Crippen LogP contribution in [0.1, 0.15) is 22.8 Å². The molecular formula is C25H24N4O5. The molecule has 0 atom stereocenters. The van der Waals surface area contributed by atoms with Crippen molar-refractivity contribution < 1.29 is 23.9 Å². The Morgan fingerprint density at radius 2 is 1.65 bits per heavy atom. The van der Waals surface area contributed by atoms with Crippen LogP contribution in [0.2, 0.25) is 0 Å². The molecule has 0 fully saturated rings. The van der Waals surface area contributed by atoms with Crippen LogP contribution in [-0.2, 0) is 9.59 Å². The smallest absolute Gasteiger partial charge is 0.329 e. The fourth-order valence-corrected chi connectivity index (χ4v) is 2.91. The highest BCUT2D eigenvalue weighted by Crippen LogP contribution is 2.20. The maximum atomic E-state index is 12.8. The number of para-hydroxylation sites is 1. The molecule has 0 aliphatic carbocycles. The Labute approximate surface area is 196 Å². The van der Waals surface area contributed by atoms with Crippen LogP contribution in [0, 0.1) is 0 Å². The van der Waals surface area contributed by atoms with Crippen LogP contribution >= 0.6 is 0 Å². The minimum absolute atomic E-state index is 0.183. The molecule has 3 aromatic rings. The van der Waals surface area contributed by atoms with Gasteiger partial charge < -0.3 is 20.1 Å². The van der Waals surface area contributed by atoms with Crippen LogP contribution < -0.4 is 25.5 Å². The Bertz CT molecular complexity index is 1190. The van der Waals surface area contributed by atoms with Crippen LogP contribution in [-0.4, -0.2) is 37.7 Å². The molecule has 0 aliphatic heterocycles. The van der Waals surface area contributed by atoms with Crippen molar-refractivity contribution in [2.24, 2.45) is 5.10 Å². The van der Waals surface area contributed by atoms with E-state index in [1.807, 2.05) is 6.92 Å². The minimum Gasteiger partial charge on any atom is -0.497 e. The summed E-state index contributed by atoms with van der Waals surface area (Å²) in [7, 11) is 1.54. The molecule has 3 rings (SSSR count). The number of methoxy groups -OCH3 is 1. The van der Waals surface area contributed by atoms with E-state index in [0.717, 1.165) is 0 Å². The SMILES string of the molecule is CCOc1ccc(NC(=O)c2ccccc2NC(=O)C(=O)N/N=C/c2cccc(OC)c2)cc1. The molecule has 0 spiro atoms. The topological polar surface area (TPSA) is 118 Å². The summed E-state index contributed by atoms with van der Waals surface area (Å²) in [5.41, 5.74) is 3.77. The van der Waals surface area contributed by atoms with Gasteiger partial charge in [0.2, 0.25) is 0 Å². The molecule has 0 saturated heterocycles. The first-order valence-electron chi connectivity index (χ1n) is 10.4. The summed E-state index contributed by atoms with van der Waals surface area (Å²) in [4.78, 5) is 37.2. The van der Waals surface area contributed by atoms with E-state index in [4.69, 9.17) is 9.47 Å². The first kappa shape index (κ1) is 24.0. The van der Waals surface area contributed by atoms with Crippen molar-refractivity contribution >= 4 is 35.3 Å². The summed E-state index contributed by atoms with van der Waals surface area (Å²) in [6.07, 6.45) is 1.38. The third-order valence-electron chi connectivity index (χ3n) is 4.52. The van der Waals surface area contributed by atoms with Crippen LogP contribution in [0.4, 0.5) is 11.4 Å². The van der Waals surface area contributed by atoms with Crippen molar-refractivity contribution in [2.45, 2.75) is 6.92 Å². The van der Waals surface area contributed by atoms with Crippen LogP contribution in [0.25, 0.3) is 0 Å². The van der Waals surface area contributed by atoms with Crippen LogP contribution in [0.15, 0.2) is 77.9 Å². The second-order valence-electron chi connectivity index (χ2n) is 6.89. The Hall–Kier alpha value is -4.66. The zero-order valence-electron chi connectivity index (χ0n) is 18.7. The van der Waals surface area contributed by atoms with Crippen LogP contribution in [0.5, 0.6) is 11.5 Å². The van der Waals surface area contributed by atoms with E-state index >= 15 is 0 Å². The number of hydrogen-bond donors (Lipinski definition) is 3. The first-order chi connectivity index (χ1) is 16.5. The Morgan fingerprint density at radius 3 is 2.38 bits per heavy atom. The monoisotopic (exact) mass is 460 g/mol. The maximum absolute atomic E-state index is 12.8. The largest absolute Gasteiger partial charge is 0.497 e. The van der Waals surface area contributed by atoms with E-state index in [0.29, 0.717) is 29.4 Å². The third-order valence-corrected chi connectivity index (χ3v) is 4.52. The molecule has 3 N–H and O–H groups in total. The van der Waals surface area contributed by atoms with Gasteiger partial charge in [-0.1, -0.05) is 24.3 Å². The number of rotatable bonds is 8. The number of nitrogens with zero attached hydrogens (tertiary/aromatic N) is 1. The number of anilines is 2. The average Bonchev–Trinajstić information content (AvgIpc) is 2.85. The minimum atomic E-state index is -0.985. The number of carbonyl (C=O) groups is 3. The van der Waals surface area contributed by atoms with Crippen LogP contribution in [0.3, 0.4) is 0 Å². The molecule has 34 heavy (non-hydrogen) atoms. The highest BCUT2D eigenvalue weighted by Gasteiger charge is 2.17. The van der Waals surface area contributed by atoms with Gasteiger partial charge in [0.15, 0.2) is 0 Å². The molecule has 0 bridgehead atoms. The molecular weight excluding hydrogens is 436 g/mol. The van der Waals surface area contributed by atoms with E-state index in [9.17, 15) is 14.4 Å². The summed E-state index contributed by atoms with van der Waals surface area (Å²) in [6.45, 7) is 2.42. The summed E-state index contributed by atoms with van der Waals surface area (Å²) in [5, 5.41) is 8.98. The fraction of sp³-hybridized carbons (Fsp3) is 0.120. The standard InChI is InChI=1S/C25H24N4O5/c1-3-34-19-13-11-18(12-14-19)27-23(30)21-9-4-5-10-22(21)28-24(31)25(32)29-26-16-17-7-6-8-20(15-17)33-2/h4-16H,3H2,1-2H3,(H,27,30)(H,28,31)(H,29,32)/b26-16+. The van der Waals surface area contributed by atoms with Gasteiger partial charge >= 0.3 is 11.8 Å². The van der Waals surface area contributed by atoms with E-state index < -0.39 is 17.7 Å². The number of ether oxygens (including phenoxy) is 2. The first-order valence-corrected chi connectivity index (χ1v) is 10.4. The molecule has 0 saturated carbocycles. The number of nitrogens with one attached hydrogen (secondary N) is 3. The van der Waals surface area contributed by atoms with Gasteiger partial charge in [0.1, 0.15) is 11.5 Å². The molecule has 0 radical (unpaired) electrons. The zero-order valence-corrected chi connectivity index (χ0v) is 18.7. The predicted molar refractivity (Wildman–Crippen MR) is 129 cm³/mol. The quantitative estimate of drug-likeness (QED) is 0.270. The lowest BCUT2D eigenvalue weighted by molar-refractivity contribution is -0.136. The summed E-state index contributed by atoms with van der Waals surface area (Å²) in [5.74, 6) is -1.08. The summed E-state index contributed by atoms with van der Waals surface area (Å²) in [6, 6.07) is 20.3. The maximum Gasteiger partial charge on any atom is 0.329 e. The molecule has 0 aliphatic rings. The van der Waals surface area contributed by atoms with Gasteiger partial charge in [-0.15, -0.1) is 0 Å². The zero-order chi connectivity index (χ0) is 24.3. The van der Waals surface area contributed by atoms with Gasteiger partial charge in [-0.25, -0.2) is 5.43 Å². The number of hydrazone groups is 1. The number of amides is 3. The Kier molecular flexibility index (Phi) is 8.34. The van der Waals surface area contributed by atoms with Gasteiger partial charge in [0.25, 0.3) is 5.91 Å². The lowest BCUT2D eigenvalue weighted by Gasteiger charge is -2.11. The predicted octanol–water partition coefficient (Wildman–Crippen LogP) is 3.44. The van der Waals surface area contributed by atoms with Crippen molar-refractivity contribution in [3.8, 4) is 11.5 Å². The fourth-order valence-electron chi connectivity index (χ4n) is 2.91. The van der Waals surface area contributed by atoms with Crippen molar-refractivity contribution in [1.29, 1.82) is 0 Å². The second-order valence-corrected chi connectivity index (χ2v) is 6.89. The van der Waals surface area contributed by atoms with Gasteiger partial charge in [-0.2, -0.15) is 5.10 Å². The molecule has 0 aromatic heterocycles. The molecule has 0 heterocycles. The van der Waals surface area contributed by atoms with Crippen molar-refractivity contribution in [1.82, 2.24) is 5.43 Å². The molecule has 9 heteroatoms. The number of hydrogen-bond acceptors (Lipinski definition) is 6. The van der Waals surface area contributed by atoms with Crippen molar-refractivity contribution in [3.05, 3.63) is 83.9 Å². The lowest BCUT2D eigenvalue weighted by atomic mass is 10.1. The normalized spacial score (nSPS) is 10.4. The summed E-state index contributed by atoms with van der Waals surface area (Å²) < 4.78 is 10.5. The highest BCUT2D eigenvalue weighted by molar-refractivity contribution is 6.40. The molecule has 3 amide bonds. The van der Waals surface area contributed by atoms with Gasteiger partial charge in [0.05, 0.1) is 31.2 Å². The number of carbonyl (C=O) groups excluding carboxylic acids is 3. The molecule has 174 valence electrons. The Morgan fingerprint density at radius 1 is 0.882 bits per heavy atom. The highest BCUT2D eigenvalue weighted by atomic mass is 16.5. The van der Waals surface area contributed by atoms with Crippen molar-refractivity contribution in [2.75, 3.05) is 24.4 Å². The third kappa shape index (κ3) is 6.67. The Balaban J connectivity index is 1.61. The van der Waals surface area contributed by atoms with E-state index in [1.165, 1.54) is 12.3 Å². The van der Waals surface area contributed by atoms with Gasteiger partial charge in [-0.3, -0.25) is 14.4 Å². The molecule has 3 aromatic carbocycles. The second kappa shape index (κ2) is 11.8. The van der Waals surface area contributed by atoms with Gasteiger partial charge in [0, 0.05) is 5.69 Å². The van der Waals surface area contributed by atoms with Gasteiger partial charge in [-0.05, 0) is 61.0 Å². The van der Waals surface area contributed by atoms with E-state index in [-0.39, 0.29) is 11.3 Å². The molecule has 0 unspecified atom stereocenters. The number of benzene rings is 3. The lowest BCUT2D eigenvalue weighted by Crippen LogP contribution is -2.33. The average molecular weight is 460 g/mol. The van der Waals surface area contributed by atoms with E-state index in [2.05, 4.69) is 21.2 Å². The molecule has 9 nitrogen and oxygen atoms in total.